The van der Waals surface area contributed by atoms with E-state index in [1.807, 2.05) is 41.3 Å². The lowest BCUT2D eigenvalue weighted by atomic mass is 10.1. The molecule has 4 rings (SSSR count). The van der Waals surface area contributed by atoms with Gasteiger partial charge in [0.1, 0.15) is 0 Å². The van der Waals surface area contributed by atoms with Gasteiger partial charge in [0.05, 0.1) is 0 Å². The van der Waals surface area contributed by atoms with E-state index in [1.54, 1.807) is 17.0 Å². The van der Waals surface area contributed by atoms with Crippen molar-refractivity contribution in [3.63, 3.8) is 0 Å². The second-order valence-corrected chi connectivity index (χ2v) is 7.57. The van der Waals surface area contributed by atoms with Crippen LogP contribution in [0, 0.1) is 0 Å². The van der Waals surface area contributed by atoms with Crippen LogP contribution in [-0.2, 0) is 22.7 Å². The summed E-state index contributed by atoms with van der Waals surface area (Å²) in [6, 6.07) is 15.1. The summed E-state index contributed by atoms with van der Waals surface area (Å²) in [4.78, 5) is 40.2. The Bertz CT molecular complexity index is 940. The average molecular weight is 391 g/mol. The summed E-state index contributed by atoms with van der Waals surface area (Å²) in [7, 11) is 0. The van der Waals surface area contributed by atoms with Crippen molar-refractivity contribution in [1.82, 2.24) is 10.2 Å². The molecule has 1 N–H and O–H groups in total. The maximum atomic E-state index is 12.7. The molecule has 2 aliphatic heterocycles. The van der Waals surface area contributed by atoms with Gasteiger partial charge in [-0.3, -0.25) is 14.4 Å². The van der Waals surface area contributed by atoms with E-state index in [9.17, 15) is 14.4 Å². The highest BCUT2D eigenvalue weighted by molar-refractivity contribution is 5.99. The zero-order valence-electron chi connectivity index (χ0n) is 16.4. The average Bonchev–Trinajstić information content (AvgIpc) is 3.35. The number of anilines is 1. The Morgan fingerprint density at radius 1 is 0.897 bits per heavy atom. The molecule has 0 aliphatic carbocycles. The summed E-state index contributed by atoms with van der Waals surface area (Å²) in [6.45, 7) is 2.47. The molecule has 6 nitrogen and oxygen atoms in total. The van der Waals surface area contributed by atoms with Gasteiger partial charge in [0.15, 0.2) is 0 Å². The largest absolute Gasteiger partial charge is 0.348 e. The quantitative estimate of drug-likeness (QED) is 0.823. The predicted octanol–water partition coefficient (Wildman–Crippen LogP) is 2.87. The lowest BCUT2D eigenvalue weighted by Gasteiger charge is -2.19. The Labute approximate surface area is 170 Å². The van der Waals surface area contributed by atoms with Gasteiger partial charge in [-0.05, 0) is 42.2 Å². The fourth-order valence-electron chi connectivity index (χ4n) is 3.97. The van der Waals surface area contributed by atoms with E-state index in [1.165, 1.54) is 0 Å². The minimum Gasteiger partial charge on any atom is -0.348 e. The Hall–Kier alpha value is -3.15. The standard InChI is InChI=1S/C23H25N3O3/c27-21-10-4-12-25(21)16-19-7-2-1-6-18(19)15-24-23(29)17-8-3-9-20(14-17)26-13-5-11-22(26)28/h1-3,6-9,14H,4-5,10-13,15-16H2,(H,24,29). The first-order valence-corrected chi connectivity index (χ1v) is 10.1. The molecule has 2 saturated heterocycles. The van der Waals surface area contributed by atoms with Gasteiger partial charge >= 0.3 is 0 Å². The van der Waals surface area contributed by atoms with Crippen LogP contribution in [0.1, 0.15) is 47.2 Å². The van der Waals surface area contributed by atoms with E-state index < -0.39 is 0 Å². The van der Waals surface area contributed by atoms with Crippen LogP contribution < -0.4 is 10.2 Å². The first-order valence-electron chi connectivity index (χ1n) is 10.1. The molecular formula is C23H25N3O3. The fraction of sp³-hybridized carbons (Fsp3) is 0.348. The number of likely N-dealkylation sites (tertiary alicyclic amines) is 1. The molecule has 0 saturated carbocycles. The summed E-state index contributed by atoms with van der Waals surface area (Å²) in [6.07, 6.45) is 2.95. The van der Waals surface area contributed by atoms with Crippen LogP contribution in [0.2, 0.25) is 0 Å². The zero-order chi connectivity index (χ0) is 20.2. The molecule has 0 aromatic heterocycles. The third-order valence-electron chi connectivity index (χ3n) is 5.58. The molecule has 2 fully saturated rings. The molecule has 0 unspecified atom stereocenters. The lowest BCUT2D eigenvalue weighted by Crippen LogP contribution is -2.27. The van der Waals surface area contributed by atoms with Crippen LogP contribution in [0.5, 0.6) is 0 Å². The Morgan fingerprint density at radius 3 is 2.38 bits per heavy atom. The normalized spacial score (nSPS) is 16.6. The number of nitrogens with zero attached hydrogens (tertiary/aromatic N) is 2. The minimum absolute atomic E-state index is 0.105. The molecule has 0 spiro atoms. The zero-order valence-corrected chi connectivity index (χ0v) is 16.4. The minimum atomic E-state index is -0.175. The lowest BCUT2D eigenvalue weighted by molar-refractivity contribution is -0.128. The highest BCUT2D eigenvalue weighted by Crippen LogP contribution is 2.22. The van der Waals surface area contributed by atoms with Gasteiger partial charge in [-0.2, -0.15) is 0 Å². The third kappa shape index (κ3) is 4.31. The van der Waals surface area contributed by atoms with Crippen molar-refractivity contribution >= 4 is 23.4 Å². The van der Waals surface area contributed by atoms with Gasteiger partial charge in [0.25, 0.3) is 5.91 Å². The van der Waals surface area contributed by atoms with Crippen LogP contribution in [0.3, 0.4) is 0 Å². The molecule has 3 amide bonds. The summed E-state index contributed by atoms with van der Waals surface area (Å²) < 4.78 is 0. The highest BCUT2D eigenvalue weighted by atomic mass is 16.2. The van der Waals surface area contributed by atoms with E-state index in [-0.39, 0.29) is 17.7 Å². The molecular weight excluding hydrogens is 366 g/mol. The second kappa shape index (κ2) is 8.47. The topological polar surface area (TPSA) is 69.7 Å². The second-order valence-electron chi connectivity index (χ2n) is 7.57. The SMILES string of the molecule is O=C(NCc1ccccc1CN1CCCC1=O)c1cccc(N2CCCC2=O)c1. The van der Waals surface area contributed by atoms with Gasteiger partial charge in [-0.1, -0.05) is 30.3 Å². The van der Waals surface area contributed by atoms with Crippen LogP contribution in [-0.4, -0.2) is 35.7 Å². The molecule has 6 heteroatoms. The number of carbonyl (C=O) groups is 3. The number of hydrogen-bond donors (Lipinski definition) is 1. The van der Waals surface area contributed by atoms with Crippen LogP contribution in [0.25, 0.3) is 0 Å². The third-order valence-corrected chi connectivity index (χ3v) is 5.58. The van der Waals surface area contributed by atoms with Crippen molar-refractivity contribution < 1.29 is 14.4 Å². The van der Waals surface area contributed by atoms with E-state index in [4.69, 9.17) is 0 Å². The summed E-state index contributed by atoms with van der Waals surface area (Å²) in [5.41, 5.74) is 3.37. The number of nitrogens with one attached hydrogen (secondary N) is 1. The Balaban J connectivity index is 1.42. The first kappa shape index (κ1) is 19.2. The van der Waals surface area contributed by atoms with E-state index >= 15 is 0 Å². The summed E-state index contributed by atoms with van der Waals surface area (Å²) in [5, 5.41) is 2.97. The molecule has 2 heterocycles. The molecule has 2 aromatic rings. The van der Waals surface area contributed by atoms with Crippen molar-refractivity contribution in [2.45, 2.75) is 38.8 Å². The maximum absolute atomic E-state index is 12.7. The number of amides is 3. The molecule has 2 aliphatic rings. The van der Waals surface area contributed by atoms with Crippen molar-refractivity contribution in [1.29, 1.82) is 0 Å². The van der Waals surface area contributed by atoms with Gasteiger partial charge in [0, 0.05) is 50.3 Å². The highest BCUT2D eigenvalue weighted by Gasteiger charge is 2.23. The van der Waals surface area contributed by atoms with Crippen LogP contribution in [0.15, 0.2) is 48.5 Å². The Kier molecular flexibility index (Phi) is 5.60. The van der Waals surface area contributed by atoms with Gasteiger partial charge in [0.2, 0.25) is 11.8 Å². The molecule has 0 bridgehead atoms. The van der Waals surface area contributed by atoms with E-state index in [2.05, 4.69) is 5.32 Å². The monoisotopic (exact) mass is 391 g/mol. The van der Waals surface area contributed by atoms with Crippen LogP contribution >= 0.6 is 0 Å². The molecule has 0 atom stereocenters. The molecule has 2 aromatic carbocycles. The molecule has 0 radical (unpaired) electrons. The molecule has 150 valence electrons. The van der Waals surface area contributed by atoms with E-state index in [0.29, 0.717) is 38.0 Å². The number of benzene rings is 2. The summed E-state index contributed by atoms with van der Waals surface area (Å²) in [5.74, 6) is 0.121. The van der Waals surface area contributed by atoms with Crippen molar-refractivity contribution in [2.24, 2.45) is 0 Å². The Morgan fingerprint density at radius 2 is 1.66 bits per heavy atom. The molecule has 29 heavy (non-hydrogen) atoms. The van der Waals surface area contributed by atoms with E-state index in [0.717, 1.165) is 36.2 Å². The fourth-order valence-corrected chi connectivity index (χ4v) is 3.97. The van der Waals surface area contributed by atoms with Crippen LogP contribution in [0.4, 0.5) is 5.69 Å². The smallest absolute Gasteiger partial charge is 0.251 e. The van der Waals surface area contributed by atoms with Gasteiger partial charge in [-0.15, -0.1) is 0 Å². The predicted molar refractivity (Wildman–Crippen MR) is 110 cm³/mol. The number of carbonyl (C=O) groups excluding carboxylic acids is 3. The van der Waals surface area contributed by atoms with Gasteiger partial charge < -0.3 is 15.1 Å². The van der Waals surface area contributed by atoms with Crippen molar-refractivity contribution in [3.05, 3.63) is 65.2 Å². The number of hydrogen-bond acceptors (Lipinski definition) is 3. The number of rotatable bonds is 6. The van der Waals surface area contributed by atoms with Gasteiger partial charge in [-0.25, -0.2) is 0 Å². The van der Waals surface area contributed by atoms with Crippen molar-refractivity contribution in [2.75, 3.05) is 18.0 Å². The first-order chi connectivity index (χ1) is 14.1. The van der Waals surface area contributed by atoms with Crippen molar-refractivity contribution in [3.8, 4) is 0 Å². The summed E-state index contributed by atoms with van der Waals surface area (Å²) >= 11 is 0. The maximum Gasteiger partial charge on any atom is 0.251 e.